The fraction of sp³-hybridized carbons (Fsp3) is 0.400. The molecule has 0 amide bonds. The second-order valence-corrected chi connectivity index (χ2v) is 4.10. The molecule has 1 aromatic carbocycles. The van der Waals surface area contributed by atoms with Crippen LogP contribution in [0.2, 0.25) is 0 Å². The summed E-state index contributed by atoms with van der Waals surface area (Å²) in [4.78, 5) is 11.5. The molecule has 0 fully saturated rings. The van der Waals surface area contributed by atoms with Gasteiger partial charge in [0, 0.05) is 17.7 Å². The van der Waals surface area contributed by atoms with E-state index in [9.17, 15) is 4.79 Å². The summed E-state index contributed by atoms with van der Waals surface area (Å²) in [7, 11) is 3.16. The molecule has 0 saturated heterocycles. The highest BCUT2D eigenvalue weighted by Crippen LogP contribution is 2.25. The normalized spacial score (nSPS) is 12.2. The molecule has 1 rings (SSSR count). The number of esters is 1. The Labute approximate surface area is 114 Å². The average Bonchev–Trinajstić information content (AvgIpc) is 2.44. The molecule has 0 aliphatic carbocycles. The van der Waals surface area contributed by atoms with Crippen molar-refractivity contribution in [3.63, 3.8) is 0 Å². The van der Waals surface area contributed by atoms with Crippen LogP contribution >= 0.6 is 0 Å². The van der Waals surface area contributed by atoms with Crippen LogP contribution in [-0.4, -0.2) is 26.3 Å². The summed E-state index contributed by atoms with van der Waals surface area (Å²) in [5.74, 6) is 0.996. The van der Waals surface area contributed by atoms with Gasteiger partial charge in [-0.3, -0.25) is 0 Å². The van der Waals surface area contributed by atoms with Gasteiger partial charge in [0.1, 0.15) is 11.5 Å². The zero-order valence-electron chi connectivity index (χ0n) is 11.8. The van der Waals surface area contributed by atoms with E-state index in [0.717, 1.165) is 12.0 Å². The summed E-state index contributed by atoms with van der Waals surface area (Å²) in [6, 6.07) is 5.40. The summed E-state index contributed by atoms with van der Waals surface area (Å²) in [6.07, 6.45) is 3.79. The van der Waals surface area contributed by atoms with Crippen LogP contribution in [-0.2, 0) is 9.53 Å². The molecule has 0 aromatic heterocycles. The Hall–Kier alpha value is -1.97. The van der Waals surface area contributed by atoms with Gasteiger partial charge in [0.05, 0.1) is 20.3 Å². The van der Waals surface area contributed by atoms with Crippen LogP contribution in [0, 0.1) is 0 Å². The topological polar surface area (TPSA) is 44.8 Å². The predicted molar refractivity (Wildman–Crippen MR) is 74.4 cm³/mol. The van der Waals surface area contributed by atoms with Crippen molar-refractivity contribution in [1.29, 1.82) is 0 Å². The van der Waals surface area contributed by atoms with Gasteiger partial charge in [-0.15, -0.1) is 0 Å². The Bertz CT molecular complexity index is 451. The molecule has 1 atom stereocenters. The highest BCUT2D eigenvalue weighted by Gasteiger charge is 2.05. The van der Waals surface area contributed by atoms with Crippen molar-refractivity contribution in [2.45, 2.75) is 26.4 Å². The number of benzene rings is 1. The third-order valence-electron chi connectivity index (χ3n) is 2.73. The van der Waals surface area contributed by atoms with E-state index in [1.165, 1.54) is 6.08 Å². The van der Waals surface area contributed by atoms with Gasteiger partial charge in [-0.1, -0.05) is 6.92 Å². The Balaban J connectivity index is 2.78. The molecule has 0 spiro atoms. The van der Waals surface area contributed by atoms with Gasteiger partial charge in [0.15, 0.2) is 0 Å². The molecule has 104 valence electrons. The van der Waals surface area contributed by atoms with Gasteiger partial charge >= 0.3 is 5.97 Å². The van der Waals surface area contributed by atoms with Gasteiger partial charge in [-0.05, 0) is 31.6 Å². The van der Waals surface area contributed by atoms with Gasteiger partial charge in [-0.25, -0.2) is 4.79 Å². The first-order valence-corrected chi connectivity index (χ1v) is 6.21. The van der Waals surface area contributed by atoms with Crippen molar-refractivity contribution in [2.75, 3.05) is 14.2 Å². The summed E-state index contributed by atoms with van der Waals surface area (Å²) in [5, 5.41) is 0. The van der Waals surface area contributed by atoms with E-state index in [1.807, 2.05) is 26.0 Å². The van der Waals surface area contributed by atoms with Crippen LogP contribution in [0.3, 0.4) is 0 Å². The zero-order valence-corrected chi connectivity index (χ0v) is 11.8. The molecule has 0 heterocycles. The minimum atomic E-state index is -0.354. The standard InChI is InChI=1S/C15H20O4/c1-5-11(2)19-15(16)9-7-12-6-8-13(17-3)10-14(12)18-4/h6-11H,5H2,1-4H3. The number of ether oxygens (including phenoxy) is 3. The largest absolute Gasteiger partial charge is 0.497 e. The van der Waals surface area contributed by atoms with Crippen LogP contribution in [0.15, 0.2) is 24.3 Å². The first-order valence-electron chi connectivity index (χ1n) is 6.21. The number of rotatable bonds is 6. The monoisotopic (exact) mass is 264 g/mol. The first-order chi connectivity index (χ1) is 9.10. The lowest BCUT2D eigenvalue weighted by molar-refractivity contribution is -0.142. The summed E-state index contributed by atoms with van der Waals surface area (Å²) >= 11 is 0. The third kappa shape index (κ3) is 4.66. The van der Waals surface area contributed by atoms with Gasteiger partial charge in [0.2, 0.25) is 0 Å². The molecule has 0 N–H and O–H groups in total. The molecule has 0 aliphatic heterocycles. The van der Waals surface area contributed by atoms with Crippen LogP contribution in [0.25, 0.3) is 6.08 Å². The van der Waals surface area contributed by atoms with E-state index in [-0.39, 0.29) is 12.1 Å². The first kappa shape index (κ1) is 15.1. The van der Waals surface area contributed by atoms with Crippen molar-refractivity contribution < 1.29 is 19.0 Å². The SMILES string of the molecule is CCC(C)OC(=O)C=Cc1ccc(OC)cc1OC. The molecule has 1 aromatic rings. The van der Waals surface area contributed by atoms with Crippen LogP contribution in [0.5, 0.6) is 11.5 Å². The smallest absolute Gasteiger partial charge is 0.331 e. The second-order valence-electron chi connectivity index (χ2n) is 4.10. The minimum Gasteiger partial charge on any atom is -0.497 e. The Kier molecular flexibility index (Phi) is 5.93. The van der Waals surface area contributed by atoms with Crippen LogP contribution < -0.4 is 9.47 Å². The van der Waals surface area contributed by atoms with Crippen molar-refractivity contribution in [1.82, 2.24) is 0 Å². The molecule has 4 heteroatoms. The molecule has 4 nitrogen and oxygen atoms in total. The second kappa shape index (κ2) is 7.46. The molecule has 0 bridgehead atoms. The number of carbonyl (C=O) groups excluding carboxylic acids is 1. The van der Waals surface area contributed by atoms with Gasteiger partial charge in [-0.2, -0.15) is 0 Å². The van der Waals surface area contributed by atoms with Crippen LogP contribution in [0.4, 0.5) is 0 Å². The highest BCUT2D eigenvalue weighted by molar-refractivity contribution is 5.87. The van der Waals surface area contributed by atoms with E-state index >= 15 is 0 Å². The molecule has 0 radical (unpaired) electrons. The van der Waals surface area contributed by atoms with E-state index in [4.69, 9.17) is 14.2 Å². The molecule has 0 aliphatic rings. The molecular weight excluding hydrogens is 244 g/mol. The lowest BCUT2D eigenvalue weighted by Gasteiger charge is -2.09. The maximum Gasteiger partial charge on any atom is 0.331 e. The van der Waals surface area contributed by atoms with Crippen LogP contribution in [0.1, 0.15) is 25.8 Å². The number of carbonyl (C=O) groups is 1. The highest BCUT2D eigenvalue weighted by atomic mass is 16.5. The van der Waals surface area contributed by atoms with E-state index in [0.29, 0.717) is 11.5 Å². The maximum atomic E-state index is 11.5. The Morgan fingerprint density at radius 3 is 2.63 bits per heavy atom. The lowest BCUT2D eigenvalue weighted by Crippen LogP contribution is -2.11. The number of hydrogen-bond acceptors (Lipinski definition) is 4. The van der Waals surface area contributed by atoms with E-state index < -0.39 is 0 Å². The Morgan fingerprint density at radius 1 is 1.32 bits per heavy atom. The minimum absolute atomic E-state index is 0.0742. The third-order valence-corrected chi connectivity index (χ3v) is 2.73. The quantitative estimate of drug-likeness (QED) is 0.585. The average molecular weight is 264 g/mol. The van der Waals surface area contributed by atoms with Crippen molar-refractivity contribution in [3.8, 4) is 11.5 Å². The Morgan fingerprint density at radius 2 is 2.05 bits per heavy atom. The van der Waals surface area contributed by atoms with Gasteiger partial charge in [0.25, 0.3) is 0 Å². The van der Waals surface area contributed by atoms with E-state index in [2.05, 4.69) is 0 Å². The maximum absolute atomic E-state index is 11.5. The predicted octanol–water partition coefficient (Wildman–Crippen LogP) is 3.06. The summed E-state index contributed by atoms with van der Waals surface area (Å²) < 4.78 is 15.5. The molecular formula is C15H20O4. The number of hydrogen-bond donors (Lipinski definition) is 0. The molecule has 1 unspecified atom stereocenters. The van der Waals surface area contributed by atoms with Crippen molar-refractivity contribution >= 4 is 12.0 Å². The summed E-state index contributed by atoms with van der Waals surface area (Å²) in [6.45, 7) is 3.83. The lowest BCUT2D eigenvalue weighted by atomic mass is 10.1. The van der Waals surface area contributed by atoms with E-state index in [1.54, 1.807) is 26.4 Å². The molecule has 19 heavy (non-hydrogen) atoms. The molecule has 0 saturated carbocycles. The summed E-state index contributed by atoms with van der Waals surface area (Å²) in [5.41, 5.74) is 0.796. The van der Waals surface area contributed by atoms with Crippen molar-refractivity contribution in [3.05, 3.63) is 29.8 Å². The fourth-order valence-corrected chi connectivity index (χ4v) is 1.43. The zero-order chi connectivity index (χ0) is 14.3. The van der Waals surface area contributed by atoms with Gasteiger partial charge < -0.3 is 14.2 Å². The number of methoxy groups -OCH3 is 2. The van der Waals surface area contributed by atoms with Crippen molar-refractivity contribution in [2.24, 2.45) is 0 Å². The fourth-order valence-electron chi connectivity index (χ4n) is 1.43.